The average Bonchev–Trinajstić information content (AvgIpc) is 2.82. The molecule has 0 bridgehead atoms. The Bertz CT molecular complexity index is 1070. The van der Waals surface area contributed by atoms with Gasteiger partial charge in [-0.05, 0) is 87.8 Å². The second-order valence-corrected chi connectivity index (χ2v) is 10.9. The normalized spacial score (nSPS) is 19.8. The summed E-state index contributed by atoms with van der Waals surface area (Å²) in [6, 6.07) is 9.57. The molecule has 0 spiro atoms. The molecular formula is C29H39N3O4. The first-order valence-corrected chi connectivity index (χ1v) is 13.1. The number of carbonyl (C=O) groups excluding carboxylic acids is 2. The Morgan fingerprint density at radius 3 is 2.53 bits per heavy atom. The van der Waals surface area contributed by atoms with E-state index in [0.717, 1.165) is 67.4 Å². The number of rotatable bonds is 7. The van der Waals surface area contributed by atoms with E-state index >= 15 is 0 Å². The Morgan fingerprint density at radius 1 is 1.17 bits per heavy atom. The lowest BCUT2D eigenvalue weighted by molar-refractivity contribution is 0.00464. The van der Waals surface area contributed by atoms with Gasteiger partial charge < -0.3 is 14.8 Å². The van der Waals surface area contributed by atoms with Gasteiger partial charge in [-0.25, -0.2) is 4.79 Å². The van der Waals surface area contributed by atoms with Gasteiger partial charge in [-0.3, -0.25) is 14.7 Å². The van der Waals surface area contributed by atoms with Gasteiger partial charge in [0.25, 0.3) is 5.91 Å². The average molecular weight is 494 g/mol. The van der Waals surface area contributed by atoms with Gasteiger partial charge in [0.2, 0.25) is 0 Å². The van der Waals surface area contributed by atoms with E-state index in [4.69, 9.17) is 9.47 Å². The lowest BCUT2D eigenvalue weighted by Crippen LogP contribution is -2.49. The molecule has 1 fully saturated rings. The summed E-state index contributed by atoms with van der Waals surface area (Å²) in [7, 11) is 1.67. The summed E-state index contributed by atoms with van der Waals surface area (Å²) >= 11 is 0. The quantitative estimate of drug-likeness (QED) is 0.526. The molecule has 2 heterocycles. The zero-order chi connectivity index (χ0) is 25.9. The minimum atomic E-state index is -0.612. The maximum absolute atomic E-state index is 13.6. The van der Waals surface area contributed by atoms with Crippen molar-refractivity contribution in [1.29, 1.82) is 0 Å². The van der Waals surface area contributed by atoms with Crippen LogP contribution in [0.1, 0.15) is 99.4 Å². The van der Waals surface area contributed by atoms with Gasteiger partial charge in [0.15, 0.2) is 0 Å². The monoisotopic (exact) mass is 493 g/mol. The van der Waals surface area contributed by atoms with Crippen molar-refractivity contribution in [1.82, 2.24) is 15.2 Å². The molecule has 1 aliphatic heterocycles. The molecule has 0 unspecified atom stereocenters. The molecule has 2 aromatic rings. The minimum Gasteiger partial charge on any atom is -0.497 e. The maximum atomic E-state index is 13.6. The topological polar surface area (TPSA) is 80.8 Å². The molecule has 2 amide bonds. The fourth-order valence-electron chi connectivity index (χ4n) is 4.97. The Kier molecular flexibility index (Phi) is 7.86. The predicted molar refractivity (Wildman–Crippen MR) is 139 cm³/mol. The van der Waals surface area contributed by atoms with Crippen LogP contribution in [0.2, 0.25) is 0 Å². The Balaban J connectivity index is 1.73. The highest BCUT2D eigenvalue weighted by Gasteiger charge is 2.40. The second kappa shape index (κ2) is 10.9. The number of nitrogens with one attached hydrogen (secondary N) is 1. The van der Waals surface area contributed by atoms with E-state index in [-0.39, 0.29) is 30.1 Å². The largest absolute Gasteiger partial charge is 0.497 e. The van der Waals surface area contributed by atoms with Gasteiger partial charge in [0.1, 0.15) is 17.0 Å². The van der Waals surface area contributed by atoms with Crippen molar-refractivity contribution in [2.24, 2.45) is 0 Å². The molecule has 1 aromatic carbocycles. The van der Waals surface area contributed by atoms with Gasteiger partial charge in [-0.1, -0.05) is 31.9 Å². The summed E-state index contributed by atoms with van der Waals surface area (Å²) in [5, 5.41) is 3.04. The maximum Gasteiger partial charge on any atom is 0.411 e. The third-order valence-electron chi connectivity index (χ3n) is 7.04. The smallest absolute Gasteiger partial charge is 0.411 e. The number of amides is 2. The molecule has 36 heavy (non-hydrogen) atoms. The van der Waals surface area contributed by atoms with Gasteiger partial charge in [-0.15, -0.1) is 0 Å². The summed E-state index contributed by atoms with van der Waals surface area (Å²) in [5.41, 5.74) is 2.82. The van der Waals surface area contributed by atoms with Crippen LogP contribution in [0.5, 0.6) is 5.75 Å². The van der Waals surface area contributed by atoms with E-state index < -0.39 is 5.60 Å². The fourth-order valence-corrected chi connectivity index (χ4v) is 4.97. The first-order chi connectivity index (χ1) is 17.2. The van der Waals surface area contributed by atoms with E-state index in [9.17, 15) is 9.59 Å². The second-order valence-electron chi connectivity index (χ2n) is 10.9. The van der Waals surface area contributed by atoms with Crippen LogP contribution in [0.25, 0.3) is 0 Å². The van der Waals surface area contributed by atoms with Crippen LogP contribution in [0, 0.1) is 0 Å². The van der Waals surface area contributed by atoms with Crippen molar-refractivity contribution in [3.8, 4) is 5.75 Å². The molecule has 1 saturated carbocycles. The number of pyridine rings is 1. The molecule has 2 aliphatic rings. The summed E-state index contributed by atoms with van der Waals surface area (Å²) in [6.45, 7) is 7.83. The van der Waals surface area contributed by atoms with E-state index in [0.29, 0.717) is 5.69 Å². The van der Waals surface area contributed by atoms with E-state index in [1.807, 2.05) is 43.9 Å². The highest BCUT2D eigenvalue weighted by molar-refractivity contribution is 5.92. The number of hydrogen-bond acceptors (Lipinski definition) is 5. The molecule has 0 saturated heterocycles. The number of methoxy groups -OCH3 is 1. The highest BCUT2D eigenvalue weighted by Crippen LogP contribution is 2.41. The molecule has 1 aliphatic carbocycles. The van der Waals surface area contributed by atoms with Crippen molar-refractivity contribution in [3.63, 3.8) is 0 Å². The van der Waals surface area contributed by atoms with Crippen molar-refractivity contribution in [2.45, 2.75) is 96.4 Å². The molecule has 7 heteroatoms. The molecule has 2 atom stereocenters. The molecular weight excluding hydrogens is 454 g/mol. The number of nitrogens with zero attached hydrogens (tertiary/aromatic N) is 2. The minimum absolute atomic E-state index is 0.0222. The fraction of sp³-hybridized carbons (Fsp3) is 0.552. The molecule has 0 radical (unpaired) electrons. The molecule has 1 aromatic heterocycles. The van der Waals surface area contributed by atoms with Crippen molar-refractivity contribution >= 4 is 12.0 Å². The summed E-state index contributed by atoms with van der Waals surface area (Å²) in [6.07, 6.45) is 8.26. The van der Waals surface area contributed by atoms with E-state index in [2.05, 4.69) is 23.3 Å². The summed E-state index contributed by atoms with van der Waals surface area (Å²) in [4.78, 5) is 32.7. The van der Waals surface area contributed by atoms with Gasteiger partial charge in [-0.2, -0.15) is 0 Å². The number of benzene rings is 1. The molecule has 1 N–H and O–H groups in total. The number of fused-ring (bicyclic) bond motifs is 1. The summed E-state index contributed by atoms with van der Waals surface area (Å²) < 4.78 is 11.4. The van der Waals surface area contributed by atoms with Crippen molar-refractivity contribution in [3.05, 3.63) is 58.9 Å². The lowest BCUT2D eigenvalue weighted by Gasteiger charge is -2.44. The third-order valence-corrected chi connectivity index (χ3v) is 7.04. The highest BCUT2D eigenvalue weighted by atomic mass is 16.6. The molecule has 7 nitrogen and oxygen atoms in total. The molecule has 4 rings (SSSR count). The standard InChI is InChI=1S/C29H39N3O4/c1-6-7-11-22-16-20-17-23(35-5)13-14-24(20)26(32(22)28(34)36-29(2,3)4)19-12-15-25(30-18-19)27(33)31-21-9-8-10-21/h12-15,17-18,21-22,26H,6-11,16H2,1-5H3,(H,31,33)/t22-,26-/m0/s1. The first kappa shape index (κ1) is 26.0. The zero-order valence-electron chi connectivity index (χ0n) is 22.2. The van der Waals surface area contributed by atoms with Gasteiger partial charge >= 0.3 is 6.09 Å². The van der Waals surface area contributed by atoms with Crippen LogP contribution in [-0.2, 0) is 11.2 Å². The zero-order valence-corrected chi connectivity index (χ0v) is 22.2. The number of ether oxygens (including phenoxy) is 2. The number of unbranched alkanes of at least 4 members (excludes halogenated alkanes) is 1. The Hall–Kier alpha value is -3.09. The van der Waals surface area contributed by atoms with Crippen molar-refractivity contribution in [2.75, 3.05) is 7.11 Å². The van der Waals surface area contributed by atoms with Crippen LogP contribution in [0.3, 0.4) is 0 Å². The van der Waals surface area contributed by atoms with Crippen LogP contribution in [0.15, 0.2) is 36.5 Å². The van der Waals surface area contributed by atoms with Crippen molar-refractivity contribution < 1.29 is 19.1 Å². The van der Waals surface area contributed by atoms with Crippen LogP contribution in [-0.4, -0.2) is 46.7 Å². The van der Waals surface area contributed by atoms with E-state index in [1.165, 1.54) is 0 Å². The lowest BCUT2D eigenvalue weighted by atomic mass is 9.83. The predicted octanol–water partition coefficient (Wildman–Crippen LogP) is 5.81. The van der Waals surface area contributed by atoms with Gasteiger partial charge in [0.05, 0.1) is 13.2 Å². The SMILES string of the molecule is CCCC[C@H]1Cc2cc(OC)ccc2[C@H](c2ccc(C(=O)NC3CCC3)nc2)N1C(=O)OC(C)(C)C. The summed E-state index contributed by atoms with van der Waals surface area (Å²) in [5.74, 6) is 0.651. The number of carbonyl (C=O) groups is 2. The number of aromatic nitrogens is 1. The Labute approximate surface area is 214 Å². The third kappa shape index (κ3) is 5.82. The van der Waals surface area contributed by atoms with Crippen LogP contribution >= 0.6 is 0 Å². The Morgan fingerprint density at radius 2 is 1.94 bits per heavy atom. The van der Waals surface area contributed by atoms with Gasteiger partial charge in [0, 0.05) is 18.3 Å². The number of hydrogen-bond donors (Lipinski definition) is 1. The molecule has 194 valence electrons. The van der Waals surface area contributed by atoms with E-state index in [1.54, 1.807) is 19.4 Å². The van der Waals surface area contributed by atoms with Crippen LogP contribution in [0.4, 0.5) is 4.79 Å². The van der Waals surface area contributed by atoms with Crippen LogP contribution < -0.4 is 10.1 Å². The first-order valence-electron chi connectivity index (χ1n) is 13.1.